The molecule has 0 aromatic heterocycles. The topological polar surface area (TPSA) is 71.4 Å². The Morgan fingerprint density at radius 3 is 2.33 bits per heavy atom. The zero-order valence-electron chi connectivity index (χ0n) is 6.87. The van der Waals surface area contributed by atoms with Crippen LogP contribution in [0.5, 0.6) is 0 Å². The summed E-state index contributed by atoms with van der Waals surface area (Å²) in [6.07, 6.45) is 0. The minimum atomic E-state index is -5.17. The monoisotopic (exact) mass is 256 g/mol. The first kappa shape index (κ1) is 11.9. The van der Waals surface area contributed by atoms with Crippen LogP contribution in [0.2, 0.25) is 5.02 Å². The molecule has 0 spiro atoms. The van der Waals surface area contributed by atoms with Gasteiger partial charge in [0.05, 0.1) is 10.6 Å². The van der Waals surface area contributed by atoms with E-state index in [1.807, 2.05) is 0 Å². The van der Waals surface area contributed by atoms with Crippen molar-refractivity contribution in [3.05, 3.63) is 28.5 Å². The molecular weight excluding hydrogens is 254 g/mol. The summed E-state index contributed by atoms with van der Waals surface area (Å²) in [5, 5.41) is 7.74. The van der Waals surface area contributed by atoms with Crippen LogP contribution in [0, 0.1) is 5.82 Å². The van der Waals surface area contributed by atoms with Crippen molar-refractivity contribution >= 4 is 27.8 Å². The van der Waals surface area contributed by atoms with Crippen LogP contribution in [-0.4, -0.2) is 19.5 Å². The molecule has 0 bridgehead atoms. The molecule has 0 atom stereocenters. The second-order valence-corrected chi connectivity index (χ2v) is 4.23. The molecule has 4 nitrogen and oxygen atoms in total. The lowest BCUT2D eigenvalue weighted by Crippen LogP contribution is -2.04. The fourth-order valence-electron chi connectivity index (χ4n) is 0.880. The van der Waals surface area contributed by atoms with E-state index in [9.17, 15) is 21.5 Å². The number of halogens is 3. The van der Waals surface area contributed by atoms with Gasteiger partial charge in [-0.05, 0) is 12.1 Å². The molecule has 0 radical (unpaired) electrons. The molecule has 0 amide bonds. The normalized spacial score (nSPS) is 11.4. The quantitative estimate of drug-likeness (QED) is 0.820. The van der Waals surface area contributed by atoms with Crippen LogP contribution in [0.15, 0.2) is 17.0 Å². The summed E-state index contributed by atoms with van der Waals surface area (Å²) in [6, 6.07) is 0.757. The Labute approximate surface area is 88.3 Å². The van der Waals surface area contributed by atoms with Gasteiger partial charge in [0.15, 0.2) is 0 Å². The first-order valence-electron chi connectivity index (χ1n) is 3.40. The van der Waals surface area contributed by atoms with E-state index < -0.39 is 37.5 Å². The van der Waals surface area contributed by atoms with Crippen LogP contribution in [0.4, 0.5) is 8.28 Å². The minimum Gasteiger partial charge on any atom is -0.478 e. The molecular formula is C7H3ClF2O4S. The van der Waals surface area contributed by atoms with Crippen LogP contribution in [0.1, 0.15) is 10.4 Å². The van der Waals surface area contributed by atoms with Crippen LogP contribution < -0.4 is 0 Å². The van der Waals surface area contributed by atoms with Crippen LogP contribution >= 0.6 is 11.6 Å². The molecule has 1 N–H and O–H groups in total. The van der Waals surface area contributed by atoms with Gasteiger partial charge < -0.3 is 5.11 Å². The van der Waals surface area contributed by atoms with Crippen LogP contribution in [0.25, 0.3) is 0 Å². The largest absolute Gasteiger partial charge is 0.478 e. The smallest absolute Gasteiger partial charge is 0.338 e. The highest BCUT2D eigenvalue weighted by molar-refractivity contribution is 7.86. The maximum Gasteiger partial charge on any atom is 0.338 e. The predicted molar refractivity (Wildman–Crippen MR) is 46.7 cm³/mol. The highest BCUT2D eigenvalue weighted by atomic mass is 35.5. The molecule has 0 fully saturated rings. The van der Waals surface area contributed by atoms with E-state index in [2.05, 4.69) is 0 Å². The van der Waals surface area contributed by atoms with Crippen molar-refractivity contribution in [2.75, 3.05) is 0 Å². The fourth-order valence-corrected chi connectivity index (χ4v) is 1.86. The molecule has 0 aliphatic rings. The van der Waals surface area contributed by atoms with Gasteiger partial charge >= 0.3 is 16.2 Å². The molecule has 1 aromatic carbocycles. The van der Waals surface area contributed by atoms with Gasteiger partial charge in [-0.1, -0.05) is 11.6 Å². The molecule has 1 aromatic rings. The molecule has 1 rings (SSSR count). The van der Waals surface area contributed by atoms with Gasteiger partial charge in [0.1, 0.15) is 10.7 Å². The zero-order valence-corrected chi connectivity index (χ0v) is 8.44. The molecule has 0 saturated carbocycles. The van der Waals surface area contributed by atoms with Crippen molar-refractivity contribution < 1.29 is 26.6 Å². The number of carboxylic acid groups (broad SMARTS) is 1. The molecule has 0 saturated heterocycles. The first-order chi connectivity index (χ1) is 6.73. The van der Waals surface area contributed by atoms with Gasteiger partial charge in [-0.15, -0.1) is 3.89 Å². The van der Waals surface area contributed by atoms with E-state index in [-0.39, 0.29) is 0 Å². The van der Waals surface area contributed by atoms with Crippen molar-refractivity contribution in [1.29, 1.82) is 0 Å². The zero-order chi connectivity index (χ0) is 11.8. The van der Waals surface area contributed by atoms with Crippen molar-refractivity contribution in [1.82, 2.24) is 0 Å². The molecule has 82 valence electrons. The lowest BCUT2D eigenvalue weighted by atomic mass is 10.2. The highest BCUT2D eigenvalue weighted by Crippen LogP contribution is 2.26. The third-order valence-electron chi connectivity index (χ3n) is 1.51. The molecule has 0 aliphatic carbocycles. The molecule has 0 heterocycles. The Kier molecular flexibility index (Phi) is 2.96. The van der Waals surface area contributed by atoms with Crippen LogP contribution in [-0.2, 0) is 10.2 Å². The first-order valence-corrected chi connectivity index (χ1v) is 5.16. The lowest BCUT2D eigenvalue weighted by Gasteiger charge is -2.02. The maximum absolute atomic E-state index is 12.9. The van der Waals surface area contributed by atoms with E-state index in [1.54, 1.807) is 0 Å². The summed E-state index contributed by atoms with van der Waals surface area (Å²) in [4.78, 5) is 9.35. The Morgan fingerprint density at radius 1 is 1.40 bits per heavy atom. The van der Waals surface area contributed by atoms with Gasteiger partial charge in [0.2, 0.25) is 0 Å². The number of hydrogen-bond donors (Lipinski definition) is 1. The second-order valence-electron chi connectivity index (χ2n) is 2.51. The number of hydrogen-bond acceptors (Lipinski definition) is 3. The Bertz CT molecular complexity index is 526. The standard InChI is InChI=1S/C7H3ClF2O4S/c8-4-2-5(9)3(7(11)12)1-6(4)15(10,13)14/h1-2H,(H,11,12). The SMILES string of the molecule is O=C(O)c1cc(S(=O)(=O)F)c(Cl)cc1F. The molecule has 0 aliphatic heterocycles. The highest BCUT2D eigenvalue weighted by Gasteiger charge is 2.22. The maximum atomic E-state index is 12.9. The third kappa shape index (κ3) is 2.42. The molecule has 8 heteroatoms. The minimum absolute atomic E-state index is 0.329. The van der Waals surface area contributed by atoms with Crippen LogP contribution in [0.3, 0.4) is 0 Å². The second kappa shape index (κ2) is 3.74. The van der Waals surface area contributed by atoms with E-state index in [4.69, 9.17) is 16.7 Å². The van der Waals surface area contributed by atoms with Gasteiger partial charge in [0, 0.05) is 0 Å². The average Bonchev–Trinajstić information content (AvgIpc) is 2.00. The lowest BCUT2D eigenvalue weighted by molar-refractivity contribution is 0.0691. The third-order valence-corrected chi connectivity index (χ3v) is 2.80. The van der Waals surface area contributed by atoms with Gasteiger partial charge in [-0.3, -0.25) is 0 Å². The summed E-state index contributed by atoms with van der Waals surface area (Å²) < 4.78 is 46.4. The number of benzene rings is 1. The van der Waals surface area contributed by atoms with E-state index in [0.29, 0.717) is 12.1 Å². The summed E-state index contributed by atoms with van der Waals surface area (Å²) in [6.45, 7) is 0. The van der Waals surface area contributed by atoms with Gasteiger partial charge in [-0.25, -0.2) is 9.18 Å². The Hall–Kier alpha value is -1.21. The number of carboxylic acids is 1. The molecule has 15 heavy (non-hydrogen) atoms. The molecule has 0 unspecified atom stereocenters. The van der Waals surface area contributed by atoms with E-state index in [0.717, 1.165) is 0 Å². The Morgan fingerprint density at radius 2 is 1.93 bits per heavy atom. The summed E-state index contributed by atoms with van der Waals surface area (Å²) >= 11 is 5.24. The summed E-state index contributed by atoms with van der Waals surface area (Å²) in [5.74, 6) is -2.95. The number of aromatic carboxylic acids is 1. The fraction of sp³-hybridized carbons (Fsp3) is 0. The van der Waals surface area contributed by atoms with Crippen molar-refractivity contribution in [2.45, 2.75) is 4.90 Å². The van der Waals surface area contributed by atoms with Crippen molar-refractivity contribution in [3.8, 4) is 0 Å². The average molecular weight is 257 g/mol. The summed E-state index contributed by atoms with van der Waals surface area (Å²) in [5.41, 5.74) is -0.962. The Balaban J connectivity index is 3.58. The summed E-state index contributed by atoms with van der Waals surface area (Å²) in [7, 11) is -5.17. The number of carbonyl (C=O) groups is 1. The predicted octanol–water partition coefficient (Wildman–Crippen LogP) is 1.84. The number of rotatable bonds is 2. The van der Waals surface area contributed by atoms with E-state index in [1.165, 1.54) is 0 Å². The van der Waals surface area contributed by atoms with E-state index >= 15 is 0 Å². The van der Waals surface area contributed by atoms with Gasteiger partial charge in [-0.2, -0.15) is 8.42 Å². The van der Waals surface area contributed by atoms with Gasteiger partial charge in [0.25, 0.3) is 0 Å². The van der Waals surface area contributed by atoms with Crippen molar-refractivity contribution in [3.63, 3.8) is 0 Å². The van der Waals surface area contributed by atoms with Crippen molar-refractivity contribution in [2.24, 2.45) is 0 Å².